The van der Waals surface area contributed by atoms with E-state index in [1.807, 2.05) is 30.3 Å². The first-order valence-electron chi connectivity index (χ1n) is 12.5. The van der Waals surface area contributed by atoms with Gasteiger partial charge in [0.15, 0.2) is 0 Å². The van der Waals surface area contributed by atoms with Crippen molar-refractivity contribution in [3.63, 3.8) is 0 Å². The normalized spacial score (nSPS) is 10.9. The molecule has 4 heteroatoms. The predicted molar refractivity (Wildman–Crippen MR) is 142 cm³/mol. The maximum absolute atomic E-state index is 9.72. The highest BCUT2D eigenvalue weighted by Crippen LogP contribution is 2.32. The number of nitrogens with two attached hydrogens (primary N) is 1. The number of benzene rings is 2. The monoisotopic (exact) mass is 455 g/mol. The second-order valence-electron chi connectivity index (χ2n) is 9.36. The van der Waals surface area contributed by atoms with Crippen LogP contribution in [0.3, 0.4) is 0 Å². The van der Waals surface area contributed by atoms with Crippen molar-refractivity contribution in [3.05, 3.63) is 65.7 Å². The van der Waals surface area contributed by atoms with E-state index >= 15 is 0 Å². The summed E-state index contributed by atoms with van der Waals surface area (Å²) in [7, 11) is 0. The van der Waals surface area contributed by atoms with Crippen LogP contribution in [0.5, 0.6) is 5.75 Å². The second kappa shape index (κ2) is 12.8. The van der Waals surface area contributed by atoms with E-state index in [0.717, 1.165) is 47.6 Å². The van der Waals surface area contributed by atoms with E-state index in [1.165, 1.54) is 37.7 Å². The Morgan fingerprint density at radius 3 is 2.21 bits per heavy atom. The summed E-state index contributed by atoms with van der Waals surface area (Å²) in [4.78, 5) is 4.52. The molecule has 178 valence electrons. The van der Waals surface area contributed by atoms with Crippen molar-refractivity contribution < 1.29 is 4.74 Å². The predicted octanol–water partition coefficient (Wildman–Crippen LogP) is 7.81. The first-order valence-corrected chi connectivity index (χ1v) is 12.5. The van der Waals surface area contributed by atoms with Crippen molar-refractivity contribution >= 4 is 5.82 Å². The molecule has 1 aromatic heterocycles. The smallest absolute Gasteiger partial charge is 0.142 e. The van der Waals surface area contributed by atoms with Crippen LogP contribution in [0.2, 0.25) is 0 Å². The van der Waals surface area contributed by atoms with Crippen LogP contribution >= 0.6 is 0 Å². The molecule has 3 aromatic rings. The molecule has 0 aliphatic heterocycles. The van der Waals surface area contributed by atoms with Gasteiger partial charge in [-0.05, 0) is 48.1 Å². The third-order valence-electron chi connectivity index (χ3n) is 5.98. The van der Waals surface area contributed by atoms with Gasteiger partial charge in [0.05, 0.1) is 12.3 Å². The van der Waals surface area contributed by atoms with E-state index in [1.54, 1.807) is 0 Å². The SMILES string of the molecule is CCCCCCCCOc1ccc(-c2cc(-c3ccc(CC(C)C)cc3)nc(N)c2C#N)cc1. The van der Waals surface area contributed by atoms with Crippen molar-refractivity contribution in [3.8, 4) is 34.2 Å². The minimum Gasteiger partial charge on any atom is -0.494 e. The molecule has 0 saturated heterocycles. The van der Waals surface area contributed by atoms with E-state index in [2.05, 4.69) is 56.1 Å². The number of hydrogen-bond acceptors (Lipinski definition) is 4. The first-order chi connectivity index (χ1) is 16.5. The quantitative estimate of drug-likeness (QED) is 0.283. The van der Waals surface area contributed by atoms with Gasteiger partial charge in [0.1, 0.15) is 23.2 Å². The summed E-state index contributed by atoms with van der Waals surface area (Å²) in [5.74, 6) is 1.71. The number of ether oxygens (including phenoxy) is 1. The molecule has 0 bridgehead atoms. The van der Waals surface area contributed by atoms with E-state index in [9.17, 15) is 5.26 Å². The molecular formula is C30H37N3O. The van der Waals surface area contributed by atoms with Crippen LogP contribution in [0.4, 0.5) is 5.82 Å². The molecule has 0 aliphatic carbocycles. The van der Waals surface area contributed by atoms with Gasteiger partial charge in [-0.3, -0.25) is 0 Å². The van der Waals surface area contributed by atoms with E-state index < -0.39 is 0 Å². The fourth-order valence-electron chi connectivity index (χ4n) is 4.14. The summed E-state index contributed by atoms with van der Waals surface area (Å²) in [5.41, 5.74) is 11.4. The van der Waals surface area contributed by atoms with Crippen molar-refractivity contribution in [1.29, 1.82) is 5.26 Å². The number of aromatic nitrogens is 1. The summed E-state index contributed by atoms with van der Waals surface area (Å²) in [6.07, 6.45) is 8.50. The Labute approximate surface area is 204 Å². The molecule has 0 saturated carbocycles. The van der Waals surface area contributed by atoms with Crippen molar-refractivity contribution in [2.24, 2.45) is 5.92 Å². The molecule has 1 heterocycles. The Balaban J connectivity index is 1.73. The summed E-state index contributed by atoms with van der Waals surface area (Å²) in [5, 5.41) is 9.72. The summed E-state index contributed by atoms with van der Waals surface area (Å²) in [6, 6.07) is 20.5. The Hall–Kier alpha value is -3.32. The Bertz CT molecular complexity index is 1080. The van der Waals surface area contributed by atoms with Gasteiger partial charge in [0, 0.05) is 11.1 Å². The Morgan fingerprint density at radius 2 is 1.56 bits per heavy atom. The number of unbranched alkanes of at least 4 members (excludes halogenated alkanes) is 5. The van der Waals surface area contributed by atoms with Crippen LogP contribution in [-0.2, 0) is 6.42 Å². The molecule has 0 aliphatic rings. The van der Waals surface area contributed by atoms with E-state index in [-0.39, 0.29) is 5.82 Å². The average molecular weight is 456 g/mol. The molecule has 0 spiro atoms. The molecule has 0 radical (unpaired) electrons. The molecule has 0 unspecified atom stereocenters. The summed E-state index contributed by atoms with van der Waals surface area (Å²) in [6.45, 7) is 7.40. The lowest BCUT2D eigenvalue weighted by Gasteiger charge is -2.12. The molecule has 2 N–H and O–H groups in total. The van der Waals surface area contributed by atoms with Crippen LogP contribution in [0.15, 0.2) is 54.6 Å². The van der Waals surface area contributed by atoms with E-state index in [0.29, 0.717) is 11.5 Å². The fourth-order valence-corrected chi connectivity index (χ4v) is 4.14. The van der Waals surface area contributed by atoms with Gasteiger partial charge in [-0.2, -0.15) is 5.26 Å². The van der Waals surface area contributed by atoms with Gasteiger partial charge >= 0.3 is 0 Å². The van der Waals surface area contributed by atoms with Gasteiger partial charge in [-0.25, -0.2) is 4.98 Å². The van der Waals surface area contributed by atoms with Crippen molar-refractivity contribution in [2.45, 2.75) is 65.7 Å². The highest BCUT2D eigenvalue weighted by atomic mass is 16.5. The molecule has 34 heavy (non-hydrogen) atoms. The topological polar surface area (TPSA) is 71.9 Å². The van der Waals surface area contributed by atoms with Crippen LogP contribution in [0.25, 0.3) is 22.4 Å². The van der Waals surface area contributed by atoms with Crippen LogP contribution in [0, 0.1) is 17.2 Å². The molecule has 3 rings (SSSR count). The molecule has 0 fully saturated rings. The number of hydrogen-bond donors (Lipinski definition) is 1. The minimum atomic E-state index is 0.254. The van der Waals surface area contributed by atoms with Gasteiger partial charge in [0.25, 0.3) is 0 Å². The lowest BCUT2D eigenvalue weighted by Crippen LogP contribution is -2.00. The van der Waals surface area contributed by atoms with Gasteiger partial charge < -0.3 is 10.5 Å². The maximum Gasteiger partial charge on any atom is 0.142 e. The maximum atomic E-state index is 9.72. The Kier molecular flexibility index (Phi) is 9.52. The standard InChI is InChI=1S/C30H37N3O/c1-4-5-6-7-8-9-18-34-26-16-14-24(15-17-26)27-20-29(33-30(32)28(27)21-31)25-12-10-23(11-13-25)19-22(2)3/h10-17,20,22H,4-9,18-19H2,1-3H3,(H2,32,33). The number of anilines is 1. The third-order valence-corrected chi connectivity index (χ3v) is 5.98. The zero-order valence-corrected chi connectivity index (χ0v) is 20.8. The van der Waals surface area contributed by atoms with Gasteiger partial charge in [-0.15, -0.1) is 0 Å². The lowest BCUT2D eigenvalue weighted by atomic mass is 9.97. The zero-order valence-electron chi connectivity index (χ0n) is 20.8. The molecular weight excluding hydrogens is 418 g/mol. The molecule has 0 atom stereocenters. The molecule has 0 amide bonds. The zero-order chi connectivity index (χ0) is 24.3. The van der Waals surface area contributed by atoms with Gasteiger partial charge in [-0.1, -0.05) is 89.3 Å². The van der Waals surface area contributed by atoms with Gasteiger partial charge in [0.2, 0.25) is 0 Å². The molecule has 2 aromatic carbocycles. The summed E-state index contributed by atoms with van der Waals surface area (Å²) < 4.78 is 5.91. The van der Waals surface area contributed by atoms with Crippen LogP contribution < -0.4 is 10.5 Å². The first kappa shape index (κ1) is 25.3. The largest absolute Gasteiger partial charge is 0.494 e. The highest BCUT2D eigenvalue weighted by molar-refractivity contribution is 5.80. The van der Waals surface area contributed by atoms with E-state index in [4.69, 9.17) is 10.5 Å². The summed E-state index contributed by atoms with van der Waals surface area (Å²) >= 11 is 0. The average Bonchev–Trinajstić information content (AvgIpc) is 2.83. The number of nitrogens with zero attached hydrogens (tertiary/aromatic N) is 2. The molecule has 4 nitrogen and oxygen atoms in total. The number of nitrogen functional groups attached to an aromatic ring is 1. The highest BCUT2D eigenvalue weighted by Gasteiger charge is 2.14. The number of rotatable bonds is 12. The Morgan fingerprint density at radius 1 is 0.912 bits per heavy atom. The number of nitriles is 1. The second-order valence-corrected chi connectivity index (χ2v) is 9.36. The minimum absolute atomic E-state index is 0.254. The van der Waals surface area contributed by atoms with Crippen molar-refractivity contribution in [2.75, 3.05) is 12.3 Å². The number of pyridine rings is 1. The lowest BCUT2D eigenvalue weighted by molar-refractivity contribution is 0.304. The van der Waals surface area contributed by atoms with Crippen LogP contribution in [-0.4, -0.2) is 11.6 Å². The van der Waals surface area contributed by atoms with Crippen LogP contribution in [0.1, 0.15) is 70.4 Å². The fraction of sp³-hybridized carbons (Fsp3) is 0.400. The third kappa shape index (κ3) is 7.09. The van der Waals surface area contributed by atoms with Crippen molar-refractivity contribution in [1.82, 2.24) is 4.98 Å².